The molecule has 1 saturated carbocycles. The van der Waals surface area contributed by atoms with Crippen molar-refractivity contribution in [2.45, 2.75) is 32.2 Å². The number of hydrogen-bond acceptors (Lipinski definition) is 5. The summed E-state index contributed by atoms with van der Waals surface area (Å²) in [5, 5.41) is 4.19. The van der Waals surface area contributed by atoms with Crippen LogP contribution < -0.4 is 0 Å². The maximum atomic E-state index is 5.44. The van der Waals surface area contributed by atoms with E-state index in [0.29, 0.717) is 18.3 Å². The Morgan fingerprint density at radius 2 is 2.12 bits per heavy atom. The Labute approximate surface area is 149 Å². The second-order valence-corrected chi connectivity index (χ2v) is 7.04. The molecule has 1 fully saturated rings. The first-order valence-electron chi connectivity index (χ1n) is 8.80. The molecule has 3 aromatic heterocycles. The molecule has 0 radical (unpaired) electrons. The van der Waals surface area contributed by atoms with E-state index in [1.165, 1.54) is 5.56 Å². The minimum Gasteiger partial charge on any atom is -0.339 e. The van der Waals surface area contributed by atoms with Crippen LogP contribution in [-0.4, -0.2) is 29.2 Å². The van der Waals surface area contributed by atoms with Gasteiger partial charge in [-0.3, -0.25) is 4.57 Å². The summed E-state index contributed by atoms with van der Waals surface area (Å²) in [6, 6.07) is 6.40. The average Bonchev–Trinajstić information content (AvgIpc) is 3.06. The molecule has 1 aromatic carbocycles. The Kier molecular flexibility index (Phi) is 2.64. The van der Waals surface area contributed by atoms with Gasteiger partial charge in [0.15, 0.2) is 0 Å². The van der Waals surface area contributed by atoms with E-state index in [4.69, 9.17) is 4.52 Å². The third-order valence-electron chi connectivity index (χ3n) is 5.13. The molecule has 128 valence electrons. The molecule has 4 heterocycles. The van der Waals surface area contributed by atoms with Gasteiger partial charge in [-0.05, 0) is 31.9 Å². The smallest absolute Gasteiger partial charge is 0.230 e. The highest BCUT2D eigenvalue weighted by Gasteiger charge is 2.31. The summed E-state index contributed by atoms with van der Waals surface area (Å²) >= 11 is 0. The quantitative estimate of drug-likeness (QED) is 0.491. The van der Waals surface area contributed by atoms with E-state index < -0.39 is 0 Å². The lowest BCUT2D eigenvalue weighted by Gasteiger charge is -2.09. The summed E-state index contributed by atoms with van der Waals surface area (Å²) in [5.41, 5.74) is 5.18. The lowest BCUT2D eigenvalue weighted by molar-refractivity contribution is 0.380. The summed E-state index contributed by atoms with van der Waals surface area (Å²) in [4.78, 5) is 13.8. The highest BCUT2D eigenvalue weighted by atomic mass is 16.5. The van der Waals surface area contributed by atoms with Crippen molar-refractivity contribution in [1.82, 2.24) is 29.2 Å². The minimum atomic E-state index is 0.432. The summed E-state index contributed by atoms with van der Waals surface area (Å²) < 4.78 is 9.70. The van der Waals surface area contributed by atoms with Crippen molar-refractivity contribution in [1.29, 1.82) is 0 Å². The molecule has 1 aliphatic heterocycles. The number of imidazole rings is 2. The van der Waals surface area contributed by atoms with Gasteiger partial charge in [-0.15, -0.1) is 0 Å². The molecule has 2 aliphatic rings. The van der Waals surface area contributed by atoms with Gasteiger partial charge in [0, 0.05) is 23.9 Å². The van der Waals surface area contributed by atoms with E-state index in [1.807, 2.05) is 18.7 Å². The molecule has 0 saturated heterocycles. The van der Waals surface area contributed by atoms with Crippen molar-refractivity contribution in [2.75, 3.05) is 0 Å². The molecule has 0 amide bonds. The normalized spacial score (nSPS) is 15.3. The SMILES string of the molecule is Cc1ccc2c(c1)-c1nccn1Cc1c(-c3noc(C4CC4)n3)ncn1-2. The lowest BCUT2D eigenvalue weighted by atomic mass is 10.1. The number of benzene rings is 1. The molecule has 0 unspecified atom stereocenters. The predicted octanol–water partition coefficient (Wildman–Crippen LogP) is 3.33. The molecule has 0 bridgehead atoms. The minimum absolute atomic E-state index is 0.432. The van der Waals surface area contributed by atoms with Crippen LogP contribution in [0, 0.1) is 6.92 Å². The van der Waals surface area contributed by atoms with Crippen LogP contribution in [0.4, 0.5) is 0 Å². The molecule has 6 rings (SSSR count). The molecular formula is C19H16N6O. The zero-order chi connectivity index (χ0) is 17.3. The fourth-order valence-corrected chi connectivity index (χ4v) is 3.63. The zero-order valence-corrected chi connectivity index (χ0v) is 14.3. The van der Waals surface area contributed by atoms with Crippen LogP contribution in [-0.2, 0) is 6.54 Å². The Hall–Kier alpha value is -3.22. The summed E-state index contributed by atoms with van der Waals surface area (Å²) in [5.74, 6) is 2.69. The Balaban J connectivity index is 1.57. The monoisotopic (exact) mass is 344 g/mol. The molecule has 0 spiro atoms. The fourth-order valence-electron chi connectivity index (χ4n) is 3.63. The van der Waals surface area contributed by atoms with Gasteiger partial charge in [0.05, 0.1) is 17.9 Å². The highest BCUT2D eigenvalue weighted by Crippen LogP contribution is 2.40. The number of fused-ring (bicyclic) bond motifs is 5. The topological polar surface area (TPSA) is 74.6 Å². The zero-order valence-electron chi connectivity index (χ0n) is 14.3. The van der Waals surface area contributed by atoms with Crippen LogP contribution in [0.15, 0.2) is 41.4 Å². The van der Waals surface area contributed by atoms with Crippen molar-refractivity contribution >= 4 is 0 Å². The van der Waals surface area contributed by atoms with Gasteiger partial charge in [0.2, 0.25) is 11.7 Å². The van der Waals surface area contributed by atoms with E-state index in [9.17, 15) is 0 Å². The molecule has 0 atom stereocenters. The van der Waals surface area contributed by atoms with Crippen molar-refractivity contribution in [3.63, 3.8) is 0 Å². The highest BCUT2D eigenvalue weighted by molar-refractivity contribution is 5.71. The number of hydrogen-bond donors (Lipinski definition) is 0. The Morgan fingerprint density at radius 1 is 1.19 bits per heavy atom. The fraction of sp³-hybridized carbons (Fsp3) is 0.263. The molecular weight excluding hydrogens is 328 g/mol. The van der Waals surface area contributed by atoms with Gasteiger partial charge in [0.25, 0.3) is 0 Å². The predicted molar refractivity (Wildman–Crippen MR) is 93.9 cm³/mol. The Bertz CT molecular complexity index is 1150. The van der Waals surface area contributed by atoms with E-state index in [1.54, 1.807) is 0 Å². The van der Waals surface area contributed by atoms with E-state index in [0.717, 1.165) is 47.2 Å². The molecule has 26 heavy (non-hydrogen) atoms. The van der Waals surface area contributed by atoms with Crippen LogP contribution in [0.25, 0.3) is 28.6 Å². The van der Waals surface area contributed by atoms with Gasteiger partial charge in [-0.25, -0.2) is 9.97 Å². The average molecular weight is 344 g/mol. The van der Waals surface area contributed by atoms with Crippen LogP contribution >= 0.6 is 0 Å². The van der Waals surface area contributed by atoms with Crippen molar-refractivity contribution in [3.8, 4) is 28.6 Å². The van der Waals surface area contributed by atoms with Crippen LogP contribution in [0.1, 0.15) is 35.9 Å². The van der Waals surface area contributed by atoms with Crippen molar-refractivity contribution in [2.24, 2.45) is 0 Å². The summed E-state index contributed by atoms with van der Waals surface area (Å²) in [6.45, 7) is 2.75. The van der Waals surface area contributed by atoms with Crippen molar-refractivity contribution in [3.05, 3.63) is 54.1 Å². The van der Waals surface area contributed by atoms with Gasteiger partial charge in [-0.1, -0.05) is 16.8 Å². The maximum Gasteiger partial charge on any atom is 0.230 e. The first-order chi connectivity index (χ1) is 12.8. The van der Waals surface area contributed by atoms with Gasteiger partial charge in [-0.2, -0.15) is 4.98 Å². The number of rotatable bonds is 2. The van der Waals surface area contributed by atoms with Crippen LogP contribution in [0.3, 0.4) is 0 Å². The van der Waals surface area contributed by atoms with Gasteiger partial charge < -0.3 is 9.09 Å². The van der Waals surface area contributed by atoms with Gasteiger partial charge in [0.1, 0.15) is 17.8 Å². The van der Waals surface area contributed by atoms with E-state index >= 15 is 0 Å². The van der Waals surface area contributed by atoms with Crippen LogP contribution in [0.2, 0.25) is 0 Å². The Morgan fingerprint density at radius 3 is 3.00 bits per heavy atom. The maximum absolute atomic E-state index is 5.44. The second-order valence-electron chi connectivity index (χ2n) is 7.04. The number of aryl methyl sites for hydroxylation is 1. The molecule has 7 nitrogen and oxygen atoms in total. The van der Waals surface area contributed by atoms with Crippen molar-refractivity contribution < 1.29 is 4.52 Å². The summed E-state index contributed by atoms with van der Waals surface area (Å²) in [7, 11) is 0. The third-order valence-corrected chi connectivity index (χ3v) is 5.13. The molecule has 1 aliphatic carbocycles. The number of aromatic nitrogens is 6. The standard InChI is InChI=1S/C19H16N6O/c1-11-2-5-14-13(8-11)18-20-6-7-24(18)9-15-16(21-10-25(14)15)17-22-19(26-23-17)12-3-4-12/h2,5-8,10,12H,3-4,9H2,1H3. The number of nitrogens with zero attached hydrogens (tertiary/aromatic N) is 6. The molecule has 4 aromatic rings. The summed E-state index contributed by atoms with van der Waals surface area (Å²) in [6.07, 6.45) is 7.95. The second kappa shape index (κ2) is 4.91. The largest absolute Gasteiger partial charge is 0.339 e. The third kappa shape index (κ3) is 1.94. The van der Waals surface area contributed by atoms with Crippen LogP contribution in [0.5, 0.6) is 0 Å². The molecule has 7 heteroatoms. The first kappa shape index (κ1) is 14.0. The van der Waals surface area contributed by atoms with E-state index in [-0.39, 0.29) is 0 Å². The lowest BCUT2D eigenvalue weighted by Crippen LogP contribution is -2.03. The molecule has 0 N–H and O–H groups in total. The van der Waals surface area contributed by atoms with Gasteiger partial charge >= 0.3 is 0 Å². The first-order valence-corrected chi connectivity index (χ1v) is 8.80. The van der Waals surface area contributed by atoms with E-state index in [2.05, 4.69) is 54.4 Å².